The second-order valence-corrected chi connectivity index (χ2v) is 19.9. The van der Waals surface area contributed by atoms with Crippen LogP contribution < -0.4 is 0 Å². The van der Waals surface area contributed by atoms with E-state index in [2.05, 4.69) is 30.2 Å². The van der Waals surface area contributed by atoms with Crippen LogP contribution in [-0.2, 0) is 38.3 Å². The first-order valence-electron chi connectivity index (χ1n) is 26.9. The van der Waals surface area contributed by atoms with Crippen LogP contribution in [0.1, 0.15) is 251 Å². The fourth-order valence-electron chi connectivity index (χ4n) is 8.55. The lowest BCUT2D eigenvalue weighted by atomic mass is 9.99. The molecule has 6 unspecified atom stereocenters. The van der Waals surface area contributed by atoms with Gasteiger partial charge >= 0.3 is 16.4 Å². The zero-order valence-electron chi connectivity index (χ0n) is 41.6. The zero-order chi connectivity index (χ0) is 47.5. The van der Waals surface area contributed by atoms with E-state index in [1.165, 1.54) is 186 Å². The molecule has 12 nitrogen and oxygen atoms in total. The van der Waals surface area contributed by atoms with Crippen molar-refractivity contribution in [3.05, 3.63) is 12.2 Å². The number of hydrogen-bond acceptors (Lipinski definition) is 11. The van der Waals surface area contributed by atoms with Gasteiger partial charge in [-0.25, -0.2) is 4.18 Å². The number of allylic oxidation sites excluding steroid dienone is 2. The van der Waals surface area contributed by atoms with E-state index in [1.807, 2.05) is 0 Å². The number of aliphatic hydroxyl groups is 3. The molecule has 0 aliphatic carbocycles. The summed E-state index contributed by atoms with van der Waals surface area (Å²) < 4.78 is 59.3. The molecule has 0 saturated carbocycles. The summed E-state index contributed by atoms with van der Waals surface area (Å²) in [7, 11) is -5.06. The summed E-state index contributed by atoms with van der Waals surface area (Å²) in [6.07, 6.45) is 41.0. The molecule has 6 atom stereocenters. The van der Waals surface area contributed by atoms with Gasteiger partial charge in [0.15, 0.2) is 6.29 Å². The molecule has 386 valence electrons. The molecule has 1 rings (SSSR count). The Kier molecular flexibility index (Phi) is 41.9. The molecule has 65 heavy (non-hydrogen) atoms. The minimum Gasteiger partial charge on any atom is -0.457 e. The Morgan fingerprint density at radius 2 is 0.969 bits per heavy atom. The van der Waals surface area contributed by atoms with Crippen molar-refractivity contribution >= 4 is 16.4 Å². The smallest absolute Gasteiger partial charge is 0.397 e. The van der Waals surface area contributed by atoms with Gasteiger partial charge in [-0.3, -0.25) is 9.35 Å². The van der Waals surface area contributed by atoms with Gasteiger partial charge in [-0.1, -0.05) is 219 Å². The fraction of sp³-hybridized carbons (Fsp3) is 0.942. The molecule has 4 N–H and O–H groups in total. The minimum absolute atomic E-state index is 0.0417. The molecule has 0 amide bonds. The Labute approximate surface area is 398 Å². The van der Waals surface area contributed by atoms with Gasteiger partial charge in [0.1, 0.15) is 30.5 Å². The maximum atomic E-state index is 12.9. The van der Waals surface area contributed by atoms with E-state index >= 15 is 0 Å². The van der Waals surface area contributed by atoms with Crippen LogP contribution in [0.25, 0.3) is 0 Å². The van der Waals surface area contributed by atoms with Gasteiger partial charge in [-0.15, -0.1) is 0 Å². The number of hydrogen-bond donors (Lipinski definition) is 4. The van der Waals surface area contributed by atoms with Crippen LogP contribution >= 0.6 is 0 Å². The standard InChI is InChI=1S/C52H100O12S/c1-3-5-7-9-11-13-15-17-19-21-22-23-24-25-27-29-31-33-35-37-39-41-48(54)62-46(45-61-52-50(56)51(64-65(57,58)59)49(55)47(43-53)63-52)44-60-42-40-38-36-34-32-30-28-26-20-18-16-14-12-10-8-6-4-2/h21-22,46-47,49-53,55-56H,3-20,23-45H2,1-2H3,(H,57,58,59)/b22-21-. The van der Waals surface area contributed by atoms with Gasteiger partial charge in [-0.2, -0.15) is 8.42 Å². The van der Waals surface area contributed by atoms with Crippen LogP contribution in [0.3, 0.4) is 0 Å². The van der Waals surface area contributed by atoms with Gasteiger partial charge in [0.2, 0.25) is 0 Å². The Morgan fingerprint density at radius 1 is 0.569 bits per heavy atom. The van der Waals surface area contributed by atoms with Gasteiger partial charge in [0.25, 0.3) is 0 Å². The molecule has 1 heterocycles. The molecule has 0 spiro atoms. The van der Waals surface area contributed by atoms with Crippen LogP contribution in [-0.4, -0.2) is 97.5 Å². The molecule has 1 aliphatic rings. The number of esters is 1. The molecule has 0 aromatic rings. The van der Waals surface area contributed by atoms with Crippen molar-refractivity contribution in [3.63, 3.8) is 0 Å². The molecule has 1 aliphatic heterocycles. The molecule has 1 fully saturated rings. The van der Waals surface area contributed by atoms with E-state index in [0.29, 0.717) is 13.0 Å². The predicted octanol–water partition coefficient (Wildman–Crippen LogP) is 12.6. The third-order valence-electron chi connectivity index (χ3n) is 12.6. The molecule has 1 saturated heterocycles. The third kappa shape index (κ3) is 37.4. The highest BCUT2D eigenvalue weighted by Crippen LogP contribution is 2.26. The number of carbonyl (C=O) groups excluding carboxylic acids is 1. The third-order valence-corrected chi connectivity index (χ3v) is 13.1. The monoisotopic (exact) mass is 949 g/mol. The van der Waals surface area contributed by atoms with Crippen molar-refractivity contribution in [2.24, 2.45) is 0 Å². The average molecular weight is 949 g/mol. The van der Waals surface area contributed by atoms with Gasteiger partial charge < -0.3 is 34.3 Å². The first-order chi connectivity index (χ1) is 31.6. The number of aliphatic hydroxyl groups excluding tert-OH is 3. The lowest BCUT2D eigenvalue weighted by Gasteiger charge is -2.41. The lowest BCUT2D eigenvalue weighted by molar-refractivity contribution is -0.301. The van der Waals surface area contributed by atoms with Crippen molar-refractivity contribution in [2.45, 2.75) is 288 Å². The molecule has 0 aromatic carbocycles. The summed E-state index contributed by atoms with van der Waals surface area (Å²) in [5.41, 5.74) is 0. The van der Waals surface area contributed by atoms with Crippen LogP contribution in [0.5, 0.6) is 0 Å². The topological polar surface area (TPSA) is 178 Å². The van der Waals surface area contributed by atoms with Gasteiger partial charge in [0, 0.05) is 13.0 Å². The van der Waals surface area contributed by atoms with E-state index in [9.17, 15) is 33.1 Å². The molecule has 0 radical (unpaired) electrons. The molecular formula is C52H100O12S. The first kappa shape index (κ1) is 61.9. The number of rotatable bonds is 48. The number of carbonyl (C=O) groups is 1. The van der Waals surface area contributed by atoms with Crippen molar-refractivity contribution in [1.82, 2.24) is 0 Å². The maximum absolute atomic E-state index is 12.9. The Hall–Kier alpha value is -1.16. The summed E-state index contributed by atoms with van der Waals surface area (Å²) in [4.78, 5) is 12.9. The van der Waals surface area contributed by atoms with E-state index in [0.717, 1.165) is 38.5 Å². The molecular weight excluding hydrogens is 849 g/mol. The van der Waals surface area contributed by atoms with E-state index in [4.69, 9.17) is 18.9 Å². The van der Waals surface area contributed by atoms with Crippen molar-refractivity contribution in [2.75, 3.05) is 26.4 Å². The Morgan fingerprint density at radius 3 is 1.38 bits per heavy atom. The summed E-state index contributed by atoms with van der Waals surface area (Å²) in [5, 5.41) is 30.8. The summed E-state index contributed by atoms with van der Waals surface area (Å²) in [5.74, 6) is -0.395. The highest BCUT2D eigenvalue weighted by Gasteiger charge is 2.48. The van der Waals surface area contributed by atoms with Crippen LogP contribution in [0.2, 0.25) is 0 Å². The van der Waals surface area contributed by atoms with Gasteiger partial charge in [-0.05, 0) is 38.5 Å². The molecule has 0 bridgehead atoms. The van der Waals surface area contributed by atoms with E-state index < -0.39 is 59.8 Å². The van der Waals surface area contributed by atoms with Gasteiger partial charge in [0.05, 0.1) is 19.8 Å². The second kappa shape index (κ2) is 44.1. The Balaban J connectivity index is 2.32. The number of ether oxygens (including phenoxy) is 4. The molecule has 13 heteroatoms. The lowest BCUT2D eigenvalue weighted by Crippen LogP contribution is -2.60. The average Bonchev–Trinajstić information content (AvgIpc) is 3.28. The number of unbranched alkanes of at least 4 members (excludes halogenated alkanes) is 33. The molecule has 0 aromatic heterocycles. The Bertz CT molecular complexity index is 1190. The summed E-state index contributed by atoms with van der Waals surface area (Å²) in [6, 6.07) is 0. The van der Waals surface area contributed by atoms with Crippen LogP contribution in [0, 0.1) is 0 Å². The predicted molar refractivity (Wildman–Crippen MR) is 262 cm³/mol. The van der Waals surface area contributed by atoms with Crippen molar-refractivity contribution in [3.8, 4) is 0 Å². The SMILES string of the molecule is CCCCCCCCCC/C=C\CCCCCCCCCCCC(=O)OC(COCCCCCCCCCCCCCCCCCCC)COC1OC(CO)C(O)C(OS(=O)(=O)O)C1O. The minimum atomic E-state index is -5.06. The van der Waals surface area contributed by atoms with Crippen LogP contribution in [0.15, 0.2) is 12.2 Å². The van der Waals surface area contributed by atoms with E-state index in [1.54, 1.807) is 0 Å². The zero-order valence-corrected chi connectivity index (χ0v) is 42.4. The largest absolute Gasteiger partial charge is 0.457 e. The highest BCUT2D eigenvalue weighted by atomic mass is 32.3. The first-order valence-corrected chi connectivity index (χ1v) is 28.3. The van der Waals surface area contributed by atoms with E-state index in [-0.39, 0.29) is 19.6 Å². The summed E-state index contributed by atoms with van der Waals surface area (Å²) in [6.45, 7) is 4.05. The highest BCUT2D eigenvalue weighted by molar-refractivity contribution is 7.80. The summed E-state index contributed by atoms with van der Waals surface area (Å²) >= 11 is 0. The fourth-order valence-corrected chi connectivity index (χ4v) is 9.06. The second-order valence-electron chi connectivity index (χ2n) is 18.8. The van der Waals surface area contributed by atoms with Crippen LogP contribution in [0.4, 0.5) is 0 Å². The normalized spacial score (nSPS) is 19.6. The maximum Gasteiger partial charge on any atom is 0.397 e. The van der Waals surface area contributed by atoms with Crippen molar-refractivity contribution < 1.29 is 56.2 Å². The quantitative estimate of drug-likeness (QED) is 0.0197. The van der Waals surface area contributed by atoms with Crippen molar-refractivity contribution in [1.29, 1.82) is 0 Å².